The van der Waals surface area contributed by atoms with Gasteiger partial charge in [0.1, 0.15) is 5.82 Å². The number of rotatable bonds is 7. The van der Waals surface area contributed by atoms with E-state index >= 15 is 0 Å². The minimum Gasteiger partial charge on any atom is -0.358 e. The first-order valence-corrected chi connectivity index (χ1v) is 19.5. The zero-order valence-corrected chi connectivity index (χ0v) is 35.1. The van der Waals surface area contributed by atoms with Crippen LogP contribution in [0.25, 0.3) is 38.8 Å². The molecule has 6 heteroatoms. The third-order valence-electron chi connectivity index (χ3n) is 11.3. The van der Waals surface area contributed by atoms with E-state index in [0.29, 0.717) is 6.67 Å². The van der Waals surface area contributed by atoms with Crippen molar-refractivity contribution in [3.8, 4) is 16.9 Å². The predicted molar refractivity (Wildman–Crippen MR) is 237 cm³/mol. The molecule has 58 heavy (non-hydrogen) atoms. The molecule has 9 aromatic rings. The summed E-state index contributed by atoms with van der Waals surface area (Å²) in [4.78, 5) is 12.0. The van der Waals surface area contributed by atoms with Crippen LogP contribution in [0.1, 0.15) is 22.3 Å². The van der Waals surface area contributed by atoms with E-state index < -0.39 is 0 Å². The van der Waals surface area contributed by atoms with Crippen LogP contribution in [0, 0.1) is 39.8 Å². The van der Waals surface area contributed by atoms with Gasteiger partial charge in [0.05, 0.1) is 18.0 Å². The summed E-state index contributed by atoms with van der Waals surface area (Å²) in [5, 5.41) is 2.29. The summed E-state index contributed by atoms with van der Waals surface area (Å²) < 4.78 is 2.27. The molecule has 0 radical (unpaired) electrons. The fourth-order valence-corrected chi connectivity index (χ4v) is 8.73. The van der Waals surface area contributed by atoms with Crippen LogP contribution in [0.3, 0.4) is 0 Å². The average molecular weight is 931 g/mol. The van der Waals surface area contributed by atoms with Gasteiger partial charge in [0.15, 0.2) is 0 Å². The van der Waals surface area contributed by atoms with Gasteiger partial charge in [0.2, 0.25) is 0 Å². The van der Waals surface area contributed by atoms with Crippen LogP contribution >= 0.6 is 0 Å². The molecule has 0 unspecified atom stereocenters. The SMILES string of the molecule is Cc1cccc(C)c1-c1ccnc(-n2c3[c-]c(N(c4[c-]c(N5CN(c6ccccc6)c6ccccc65)ccc4)c4c(C)cccc4C)ccc3c3ccccc32)c1.[Pt+2]. The topological polar surface area (TPSA) is 27.5 Å². The maximum absolute atomic E-state index is 5.00. The second-order valence-corrected chi connectivity index (χ2v) is 14.9. The van der Waals surface area contributed by atoms with Gasteiger partial charge in [-0.05, 0) is 109 Å². The third kappa shape index (κ3) is 6.27. The fourth-order valence-electron chi connectivity index (χ4n) is 8.73. The number of hydrogen-bond donors (Lipinski definition) is 0. The number of aryl methyl sites for hydroxylation is 4. The van der Waals surface area contributed by atoms with Crippen molar-refractivity contribution in [2.75, 3.05) is 21.4 Å². The molecular weight excluding hydrogens is 890 g/mol. The monoisotopic (exact) mass is 930 g/mol. The maximum Gasteiger partial charge on any atom is 2.00 e. The van der Waals surface area contributed by atoms with E-state index in [2.05, 4.69) is 217 Å². The summed E-state index contributed by atoms with van der Waals surface area (Å²) >= 11 is 0. The Kier molecular flexibility index (Phi) is 9.71. The van der Waals surface area contributed by atoms with Gasteiger partial charge in [0.25, 0.3) is 0 Å². The van der Waals surface area contributed by atoms with E-state index in [0.717, 1.165) is 67.3 Å². The van der Waals surface area contributed by atoms with E-state index in [9.17, 15) is 0 Å². The van der Waals surface area contributed by atoms with Gasteiger partial charge in [-0.1, -0.05) is 108 Å². The third-order valence-corrected chi connectivity index (χ3v) is 11.3. The van der Waals surface area contributed by atoms with Crippen molar-refractivity contribution in [3.05, 3.63) is 198 Å². The Morgan fingerprint density at radius 1 is 0.552 bits per heavy atom. The molecule has 7 aromatic carbocycles. The normalized spacial score (nSPS) is 12.2. The van der Waals surface area contributed by atoms with Gasteiger partial charge in [-0.2, -0.15) is 12.1 Å². The average Bonchev–Trinajstić information content (AvgIpc) is 3.79. The minimum atomic E-state index is 0. The predicted octanol–water partition coefficient (Wildman–Crippen LogP) is 13.4. The van der Waals surface area contributed by atoms with E-state index in [1.165, 1.54) is 33.5 Å². The maximum atomic E-state index is 5.00. The van der Waals surface area contributed by atoms with Crippen LogP contribution in [0.4, 0.5) is 39.8 Å². The Bertz CT molecular complexity index is 2930. The molecule has 0 bridgehead atoms. The Hall–Kier alpha value is -6.42. The van der Waals surface area contributed by atoms with Crippen molar-refractivity contribution < 1.29 is 21.1 Å². The van der Waals surface area contributed by atoms with Gasteiger partial charge in [0, 0.05) is 23.1 Å². The Balaban J connectivity index is 0.00000436. The van der Waals surface area contributed by atoms with Gasteiger partial charge in [-0.15, -0.1) is 35.7 Å². The fraction of sp³-hybridized carbons (Fsp3) is 0.0962. The molecule has 0 saturated heterocycles. The minimum absolute atomic E-state index is 0. The standard InChI is InChI=1S/C52H41N5.Pt/c1-35-15-12-16-36(2)51(35)39-29-30-53-50(31-39)57-46-24-9-8-23-44(46)45-28-27-43(33-49(45)57)56(52-37(3)17-13-18-38(52)4)42-22-14-21-41(32-42)55-34-54(40-19-6-5-7-20-40)47-25-10-11-26-48(47)55;/h5-31H,34H2,1-4H3;/q-2;+2. The zero-order chi connectivity index (χ0) is 38.6. The first-order chi connectivity index (χ1) is 27.9. The van der Waals surface area contributed by atoms with Crippen LogP contribution < -0.4 is 14.7 Å². The molecule has 0 amide bonds. The van der Waals surface area contributed by atoms with E-state index in [1.54, 1.807) is 0 Å². The second kappa shape index (κ2) is 15.2. The van der Waals surface area contributed by atoms with Crippen molar-refractivity contribution >= 4 is 61.6 Å². The van der Waals surface area contributed by atoms with Crippen molar-refractivity contribution in [3.63, 3.8) is 0 Å². The van der Waals surface area contributed by atoms with Crippen LogP contribution in [-0.4, -0.2) is 16.2 Å². The summed E-state index contributed by atoms with van der Waals surface area (Å²) in [6.45, 7) is 9.41. The molecule has 0 atom stereocenters. The van der Waals surface area contributed by atoms with Crippen molar-refractivity contribution in [2.24, 2.45) is 0 Å². The molecule has 1 aliphatic heterocycles. The molecule has 0 saturated carbocycles. The summed E-state index contributed by atoms with van der Waals surface area (Å²) in [5.41, 5.74) is 16.8. The number of benzene rings is 7. The van der Waals surface area contributed by atoms with Crippen molar-refractivity contribution in [1.82, 2.24) is 9.55 Å². The molecule has 0 spiro atoms. The van der Waals surface area contributed by atoms with Crippen LogP contribution in [0.5, 0.6) is 0 Å². The molecular formula is C52H41N5Pt. The quantitative estimate of drug-likeness (QED) is 0.149. The van der Waals surface area contributed by atoms with E-state index in [1.807, 2.05) is 6.20 Å². The van der Waals surface area contributed by atoms with Crippen molar-refractivity contribution in [2.45, 2.75) is 27.7 Å². The Morgan fingerprint density at radius 3 is 1.95 bits per heavy atom. The second-order valence-electron chi connectivity index (χ2n) is 14.9. The van der Waals surface area contributed by atoms with E-state index in [-0.39, 0.29) is 21.1 Å². The van der Waals surface area contributed by atoms with Crippen LogP contribution in [0.2, 0.25) is 0 Å². The molecule has 0 aliphatic carbocycles. The molecule has 5 nitrogen and oxygen atoms in total. The first-order valence-electron chi connectivity index (χ1n) is 19.5. The molecule has 10 rings (SSSR count). The zero-order valence-electron chi connectivity index (χ0n) is 32.8. The van der Waals surface area contributed by atoms with Gasteiger partial charge < -0.3 is 19.3 Å². The van der Waals surface area contributed by atoms with Gasteiger partial charge in [-0.3, -0.25) is 0 Å². The van der Waals surface area contributed by atoms with Crippen molar-refractivity contribution in [1.29, 1.82) is 0 Å². The first kappa shape index (κ1) is 37.2. The number of nitrogens with zero attached hydrogens (tertiary/aromatic N) is 5. The molecule has 0 fully saturated rings. The smallest absolute Gasteiger partial charge is 0.358 e. The van der Waals surface area contributed by atoms with E-state index in [4.69, 9.17) is 4.98 Å². The van der Waals surface area contributed by atoms with Crippen LogP contribution in [0.15, 0.2) is 164 Å². The number of fused-ring (bicyclic) bond motifs is 4. The Labute approximate surface area is 354 Å². The molecule has 3 heterocycles. The van der Waals surface area contributed by atoms with Crippen LogP contribution in [-0.2, 0) is 21.1 Å². The molecule has 2 aromatic heterocycles. The van der Waals surface area contributed by atoms with Gasteiger partial charge in [-0.25, -0.2) is 4.98 Å². The number of hydrogen-bond acceptors (Lipinski definition) is 4. The van der Waals surface area contributed by atoms with Gasteiger partial charge >= 0.3 is 21.1 Å². The number of aromatic nitrogens is 2. The molecule has 284 valence electrons. The summed E-state index contributed by atoms with van der Waals surface area (Å²) in [5.74, 6) is 0.859. The summed E-state index contributed by atoms with van der Waals surface area (Å²) in [6, 6.07) is 63.9. The summed E-state index contributed by atoms with van der Waals surface area (Å²) in [7, 11) is 0. The Morgan fingerprint density at radius 2 is 1.19 bits per heavy atom. The summed E-state index contributed by atoms with van der Waals surface area (Å²) in [6.07, 6.45) is 1.93. The largest absolute Gasteiger partial charge is 2.00 e. The number of para-hydroxylation sites is 5. The molecule has 0 N–H and O–H groups in total. The number of pyridine rings is 1. The number of anilines is 7. The molecule has 1 aliphatic rings.